The van der Waals surface area contributed by atoms with Crippen LogP contribution in [0, 0.1) is 17.7 Å². The number of hydrogen-bond acceptors (Lipinski definition) is 7. The molecule has 34 heavy (non-hydrogen) atoms. The molecule has 1 unspecified atom stereocenters. The number of hydrogen-bond donors (Lipinski definition) is 3. The summed E-state index contributed by atoms with van der Waals surface area (Å²) in [6.45, 7) is 0.663. The molecule has 174 valence electrons. The van der Waals surface area contributed by atoms with E-state index in [4.69, 9.17) is 10.3 Å². The van der Waals surface area contributed by atoms with Gasteiger partial charge in [-0.1, -0.05) is 29.1 Å². The Morgan fingerprint density at radius 2 is 2.21 bits per heavy atom. The van der Waals surface area contributed by atoms with Crippen LogP contribution < -0.4 is 11.1 Å². The van der Waals surface area contributed by atoms with Crippen LogP contribution in [0.15, 0.2) is 47.2 Å². The van der Waals surface area contributed by atoms with Gasteiger partial charge in [0.05, 0.1) is 12.2 Å². The molecule has 10 heteroatoms. The van der Waals surface area contributed by atoms with Gasteiger partial charge in [0.15, 0.2) is 17.1 Å². The minimum absolute atomic E-state index is 0.00920. The average molecular weight is 463 g/mol. The second-order valence-electron chi connectivity index (χ2n) is 7.99. The Hall–Kier alpha value is -4.23. The van der Waals surface area contributed by atoms with E-state index in [0.717, 1.165) is 6.07 Å². The van der Waals surface area contributed by atoms with E-state index in [-0.39, 0.29) is 35.9 Å². The van der Waals surface area contributed by atoms with Gasteiger partial charge in [0.25, 0.3) is 11.8 Å². The fourth-order valence-electron chi connectivity index (χ4n) is 3.65. The Bertz CT molecular complexity index is 1300. The number of aromatic nitrogens is 2. The van der Waals surface area contributed by atoms with Crippen molar-refractivity contribution in [3.8, 4) is 23.1 Å². The van der Waals surface area contributed by atoms with Crippen molar-refractivity contribution in [1.29, 1.82) is 0 Å². The number of carbonyl (C=O) groups is 2. The molecule has 0 saturated carbocycles. The molecule has 2 amide bonds. The quantitative estimate of drug-likeness (QED) is 0.476. The highest BCUT2D eigenvalue weighted by molar-refractivity contribution is 5.97. The SMILES string of the molecule is CN1CCC(O)(CC#Cc2cccc(-c3nc(C(N)=O)c(NCc4ccon4)cc3F)c2)C1=O. The van der Waals surface area contributed by atoms with Gasteiger partial charge in [0.1, 0.15) is 17.7 Å². The van der Waals surface area contributed by atoms with Gasteiger partial charge in [-0.05, 0) is 12.1 Å². The molecule has 4 N–H and O–H groups in total. The zero-order chi connectivity index (χ0) is 24.3. The predicted molar refractivity (Wildman–Crippen MR) is 121 cm³/mol. The van der Waals surface area contributed by atoms with Gasteiger partial charge in [-0.2, -0.15) is 0 Å². The first kappa shape index (κ1) is 22.9. The Morgan fingerprint density at radius 1 is 1.38 bits per heavy atom. The lowest BCUT2D eigenvalue weighted by Gasteiger charge is -2.17. The fourth-order valence-corrected chi connectivity index (χ4v) is 3.65. The normalized spacial score (nSPS) is 17.4. The van der Waals surface area contributed by atoms with Crippen molar-refractivity contribution in [1.82, 2.24) is 15.0 Å². The second-order valence-corrected chi connectivity index (χ2v) is 7.99. The van der Waals surface area contributed by atoms with Crippen LogP contribution in [0.1, 0.15) is 34.6 Å². The number of halogens is 1. The van der Waals surface area contributed by atoms with Crippen LogP contribution in [0.5, 0.6) is 0 Å². The number of rotatable bonds is 6. The molecular formula is C24H22FN5O4. The van der Waals surface area contributed by atoms with Crippen LogP contribution in [-0.2, 0) is 11.3 Å². The highest BCUT2D eigenvalue weighted by Gasteiger charge is 2.42. The van der Waals surface area contributed by atoms with E-state index in [1.54, 1.807) is 37.4 Å². The monoisotopic (exact) mass is 463 g/mol. The first-order valence-electron chi connectivity index (χ1n) is 10.5. The Morgan fingerprint density at radius 3 is 2.88 bits per heavy atom. The average Bonchev–Trinajstić information content (AvgIpc) is 3.42. The van der Waals surface area contributed by atoms with Crippen LogP contribution in [0.25, 0.3) is 11.3 Å². The van der Waals surface area contributed by atoms with Crippen LogP contribution in [-0.4, -0.2) is 51.2 Å². The van der Waals surface area contributed by atoms with E-state index >= 15 is 0 Å². The van der Waals surface area contributed by atoms with E-state index in [0.29, 0.717) is 29.8 Å². The molecule has 1 fully saturated rings. The number of likely N-dealkylation sites (N-methyl/N-ethyl adjacent to an activating group) is 1. The number of pyridine rings is 1. The van der Waals surface area contributed by atoms with E-state index in [2.05, 4.69) is 27.3 Å². The summed E-state index contributed by atoms with van der Waals surface area (Å²) in [4.78, 5) is 29.7. The molecule has 3 heterocycles. The lowest BCUT2D eigenvalue weighted by atomic mass is 9.98. The number of anilines is 1. The number of nitrogens with zero attached hydrogens (tertiary/aromatic N) is 3. The van der Waals surface area contributed by atoms with Gasteiger partial charge in [0, 0.05) is 49.7 Å². The largest absolute Gasteiger partial charge is 0.379 e. The fraction of sp³-hybridized carbons (Fsp3) is 0.250. The summed E-state index contributed by atoms with van der Waals surface area (Å²) in [5.74, 6) is 3.90. The summed E-state index contributed by atoms with van der Waals surface area (Å²) >= 11 is 0. The molecule has 1 saturated heterocycles. The van der Waals surface area contributed by atoms with Crippen LogP contribution in [0.4, 0.5) is 10.1 Å². The van der Waals surface area contributed by atoms with E-state index in [9.17, 15) is 19.1 Å². The molecule has 4 rings (SSSR count). The number of aliphatic hydroxyl groups is 1. The Balaban J connectivity index is 1.57. The minimum atomic E-state index is -1.49. The van der Waals surface area contributed by atoms with Crippen molar-refractivity contribution in [2.75, 3.05) is 18.9 Å². The number of carbonyl (C=O) groups excluding carboxylic acids is 2. The van der Waals surface area contributed by atoms with Crippen molar-refractivity contribution < 1.29 is 23.6 Å². The zero-order valence-electron chi connectivity index (χ0n) is 18.3. The third-order valence-electron chi connectivity index (χ3n) is 5.52. The molecular weight excluding hydrogens is 441 g/mol. The molecule has 1 aliphatic rings. The summed E-state index contributed by atoms with van der Waals surface area (Å²) in [7, 11) is 1.63. The van der Waals surface area contributed by atoms with Crippen molar-refractivity contribution in [3.05, 3.63) is 65.4 Å². The van der Waals surface area contributed by atoms with E-state index < -0.39 is 17.3 Å². The van der Waals surface area contributed by atoms with Gasteiger partial charge in [0.2, 0.25) is 0 Å². The molecule has 0 spiro atoms. The summed E-state index contributed by atoms with van der Waals surface area (Å²) in [6.07, 6.45) is 1.71. The van der Waals surface area contributed by atoms with Crippen LogP contribution in [0.3, 0.4) is 0 Å². The molecule has 1 aliphatic heterocycles. The molecule has 2 aromatic heterocycles. The number of primary amides is 1. The zero-order valence-corrected chi connectivity index (χ0v) is 18.3. The molecule has 1 aromatic carbocycles. The molecule has 1 atom stereocenters. The third-order valence-corrected chi connectivity index (χ3v) is 5.52. The lowest BCUT2D eigenvalue weighted by Crippen LogP contribution is -2.38. The van der Waals surface area contributed by atoms with Crippen molar-refractivity contribution >= 4 is 17.5 Å². The first-order valence-corrected chi connectivity index (χ1v) is 10.5. The highest BCUT2D eigenvalue weighted by Crippen LogP contribution is 2.27. The number of nitrogens with two attached hydrogens (primary N) is 1. The van der Waals surface area contributed by atoms with Gasteiger partial charge in [-0.25, -0.2) is 9.37 Å². The van der Waals surface area contributed by atoms with E-state index in [1.165, 1.54) is 11.2 Å². The number of likely N-dealkylation sites (tertiary alicyclic amines) is 1. The van der Waals surface area contributed by atoms with E-state index in [1.807, 2.05) is 0 Å². The second kappa shape index (κ2) is 9.33. The number of amides is 2. The van der Waals surface area contributed by atoms with Gasteiger partial charge in [-0.15, -0.1) is 0 Å². The van der Waals surface area contributed by atoms with Gasteiger partial charge >= 0.3 is 0 Å². The van der Waals surface area contributed by atoms with Gasteiger partial charge < -0.3 is 25.6 Å². The van der Waals surface area contributed by atoms with Gasteiger partial charge in [-0.3, -0.25) is 9.59 Å². The van der Waals surface area contributed by atoms with Crippen LogP contribution in [0.2, 0.25) is 0 Å². The Labute approximate surface area is 194 Å². The predicted octanol–water partition coefficient (Wildman–Crippen LogP) is 1.92. The lowest BCUT2D eigenvalue weighted by molar-refractivity contribution is -0.141. The number of nitrogens with one attached hydrogen (secondary N) is 1. The maximum atomic E-state index is 15.0. The topological polar surface area (TPSA) is 135 Å². The highest BCUT2D eigenvalue weighted by atomic mass is 19.1. The maximum Gasteiger partial charge on any atom is 0.269 e. The first-order chi connectivity index (χ1) is 16.3. The molecule has 0 radical (unpaired) electrons. The smallest absolute Gasteiger partial charge is 0.269 e. The molecule has 0 bridgehead atoms. The summed E-state index contributed by atoms with van der Waals surface area (Å²) in [5.41, 5.74) is 5.42. The van der Waals surface area contributed by atoms with Crippen molar-refractivity contribution in [2.45, 2.75) is 25.0 Å². The molecule has 3 aromatic rings. The molecule has 9 nitrogen and oxygen atoms in total. The van der Waals surface area contributed by atoms with Crippen LogP contribution >= 0.6 is 0 Å². The van der Waals surface area contributed by atoms with Crippen molar-refractivity contribution in [2.24, 2.45) is 5.73 Å². The maximum absolute atomic E-state index is 15.0. The third kappa shape index (κ3) is 4.74. The minimum Gasteiger partial charge on any atom is -0.379 e. The Kier molecular flexibility index (Phi) is 6.30. The number of benzene rings is 1. The van der Waals surface area contributed by atoms with Crippen molar-refractivity contribution in [3.63, 3.8) is 0 Å². The summed E-state index contributed by atoms with van der Waals surface area (Å²) < 4.78 is 19.7. The summed E-state index contributed by atoms with van der Waals surface area (Å²) in [5, 5.41) is 17.1. The summed E-state index contributed by atoms with van der Waals surface area (Å²) in [6, 6.07) is 9.40. The molecule has 0 aliphatic carbocycles. The standard InChI is InChI=1S/C24H22FN5O4/c1-30-10-9-24(33,23(30)32)8-3-5-15-4-2-6-16(12-15)20-18(25)13-19(21(28-20)22(26)31)27-14-17-7-11-34-29-17/h2,4,6-7,11-13,27,33H,8-10,14H2,1H3,(H2,26,31).